The summed E-state index contributed by atoms with van der Waals surface area (Å²) < 4.78 is 4.77. The van der Waals surface area contributed by atoms with Crippen LogP contribution in [-0.4, -0.2) is 35.7 Å². The Morgan fingerprint density at radius 1 is 1.24 bits per heavy atom. The number of carbonyl (C=O) groups is 3. The molecule has 1 atom stereocenters. The van der Waals surface area contributed by atoms with Crippen molar-refractivity contribution in [2.24, 2.45) is 0 Å². The molecule has 114 valence electrons. The third-order valence-corrected chi connectivity index (χ3v) is 2.64. The molecule has 0 bridgehead atoms. The van der Waals surface area contributed by atoms with Gasteiger partial charge in [-0.3, -0.25) is 0 Å². The summed E-state index contributed by atoms with van der Waals surface area (Å²) >= 11 is 0. The molecule has 0 heterocycles. The van der Waals surface area contributed by atoms with Crippen LogP contribution < -0.4 is 10.6 Å². The summed E-state index contributed by atoms with van der Waals surface area (Å²) in [5, 5.41) is 13.8. The van der Waals surface area contributed by atoms with Crippen LogP contribution in [0.1, 0.15) is 29.8 Å². The average molecular weight is 294 g/mol. The Morgan fingerprint density at radius 2 is 1.86 bits per heavy atom. The van der Waals surface area contributed by atoms with Crippen LogP contribution in [0.3, 0.4) is 0 Å². The van der Waals surface area contributed by atoms with E-state index in [0.717, 1.165) is 5.56 Å². The molecule has 1 rings (SSSR count). The summed E-state index contributed by atoms with van der Waals surface area (Å²) in [7, 11) is 0. The van der Waals surface area contributed by atoms with Crippen molar-refractivity contribution in [1.82, 2.24) is 10.6 Å². The lowest BCUT2D eigenvalue weighted by Gasteiger charge is -2.13. The Labute approximate surface area is 122 Å². The molecule has 3 N–H and O–H groups in total. The van der Waals surface area contributed by atoms with E-state index in [4.69, 9.17) is 9.84 Å². The second-order valence-corrected chi connectivity index (χ2v) is 4.30. The number of hydrogen-bond acceptors (Lipinski definition) is 4. The first-order chi connectivity index (χ1) is 9.93. The van der Waals surface area contributed by atoms with E-state index in [9.17, 15) is 14.4 Å². The molecule has 2 amide bonds. The minimum absolute atomic E-state index is 0.180. The topological polar surface area (TPSA) is 105 Å². The maximum absolute atomic E-state index is 11.6. The number of ether oxygens (including phenoxy) is 1. The van der Waals surface area contributed by atoms with E-state index in [2.05, 4.69) is 10.6 Å². The zero-order valence-corrected chi connectivity index (χ0v) is 11.9. The normalized spacial score (nSPS) is 11.3. The van der Waals surface area contributed by atoms with Crippen molar-refractivity contribution in [3.8, 4) is 0 Å². The summed E-state index contributed by atoms with van der Waals surface area (Å²) in [6, 6.07) is 4.89. The number of urea groups is 1. The lowest BCUT2D eigenvalue weighted by atomic mass is 10.1. The SMILES string of the molecule is CCOC(=O)C(C)NC(=O)NCc1ccc(C(=O)O)cc1. The van der Waals surface area contributed by atoms with Crippen molar-refractivity contribution >= 4 is 18.0 Å². The molecule has 0 aliphatic carbocycles. The highest BCUT2D eigenvalue weighted by Gasteiger charge is 2.16. The molecular formula is C14H18N2O5. The first-order valence-electron chi connectivity index (χ1n) is 6.47. The van der Waals surface area contributed by atoms with Gasteiger partial charge in [0.05, 0.1) is 12.2 Å². The summed E-state index contributed by atoms with van der Waals surface area (Å²) in [6.45, 7) is 3.69. The van der Waals surface area contributed by atoms with Gasteiger partial charge < -0.3 is 20.5 Å². The minimum Gasteiger partial charge on any atom is -0.478 e. The van der Waals surface area contributed by atoms with E-state index in [-0.39, 0.29) is 18.7 Å². The predicted octanol–water partition coefficient (Wildman–Crippen LogP) is 1.14. The first kappa shape index (κ1) is 16.5. The number of benzene rings is 1. The molecule has 0 saturated carbocycles. The first-order valence-corrected chi connectivity index (χ1v) is 6.47. The van der Waals surface area contributed by atoms with Crippen molar-refractivity contribution in [1.29, 1.82) is 0 Å². The number of carbonyl (C=O) groups excluding carboxylic acids is 2. The zero-order chi connectivity index (χ0) is 15.8. The van der Waals surface area contributed by atoms with E-state index in [1.807, 2.05) is 0 Å². The standard InChI is InChI=1S/C14H18N2O5/c1-3-21-13(19)9(2)16-14(20)15-8-10-4-6-11(7-5-10)12(17)18/h4-7,9H,3,8H2,1-2H3,(H,17,18)(H2,15,16,20). The Hall–Kier alpha value is -2.57. The van der Waals surface area contributed by atoms with Gasteiger partial charge in [-0.15, -0.1) is 0 Å². The third kappa shape index (κ3) is 5.52. The minimum atomic E-state index is -1.00. The van der Waals surface area contributed by atoms with Crippen LogP contribution in [0.25, 0.3) is 0 Å². The molecule has 0 radical (unpaired) electrons. The van der Waals surface area contributed by atoms with E-state index >= 15 is 0 Å². The largest absolute Gasteiger partial charge is 0.478 e. The quantitative estimate of drug-likeness (QED) is 0.682. The lowest BCUT2D eigenvalue weighted by molar-refractivity contribution is -0.144. The molecule has 0 aliphatic rings. The van der Waals surface area contributed by atoms with Crippen LogP contribution in [0.15, 0.2) is 24.3 Å². The number of aromatic carboxylic acids is 1. The van der Waals surface area contributed by atoms with Crippen LogP contribution in [0.2, 0.25) is 0 Å². The summed E-state index contributed by atoms with van der Waals surface area (Å²) in [5.41, 5.74) is 0.929. The molecule has 1 aromatic carbocycles. The van der Waals surface area contributed by atoms with Gasteiger partial charge in [-0.25, -0.2) is 14.4 Å². The van der Waals surface area contributed by atoms with E-state index in [1.54, 1.807) is 19.1 Å². The number of amides is 2. The Bertz CT molecular complexity index is 513. The lowest BCUT2D eigenvalue weighted by Crippen LogP contribution is -2.44. The van der Waals surface area contributed by atoms with Crippen molar-refractivity contribution < 1.29 is 24.2 Å². The van der Waals surface area contributed by atoms with Gasteiger partial charge in [-0.2, -0.15) is 0 Å². The molecular weight excluding hydrogens is 276 g/mol. The Balaban J connectivity index is 2.42. The molecule has 1 unspecified atom stereocenters. The highest BCUT2D eigenvalue weighted by atomic mass is 16.5. The van der Waals surface area contributed by atoms with Gasteiger partial charge in [0.15, 0.2) is 0 Å². The van der Waals surface area contributed by atoms with Crippen LogP contribution in [0.4, 0.5) is 4.79 Å². The number of carboxylic acids is 1. The van der Waals surface area contributed by atoms with Crippen LogP contribution in [-0.2, 0) is 16.1 Å². The van der Waals surface area contributed by atoms with E-state index < -0.39 is 24.0 Å². The highest BCUT2D eigenvalue weighted by Crippen LogP contribution is 2.04. The van der Waals surface area contributed by atoms with Crippen LogP contribution in [0, 0.1) is 0 Å². The smallest absolute Gasteiger partial charge is 0.335 e. The Kier molecular flexibility index (Phi) is 6.19. The predicted molar refractivity (Wildman–Crippen MR) is 74.9 cm³/mol. The molecule has 0 aliphatic heterocycles. The molecule has 7 heteroatoms. The van der Waals surface area contributed by atoms with Gasteiger partial charge in [0.2, 0.25) is 0 Å². The molecule has 1 aromatic rings. The zero-order valence-electron chi connectivity index (χ0n) is 11.9. The number of hydrogen-bond donors (Lipinski definition) is 3. The second-order valence-electron chi connectivity index (χ2n) is 4.30. The molecule has 0 aromatic heterocycles. The summed E-state index contributed by atoms with van der Waals surface area (Å²) in [6.07, 6.45) is 0. The van der Waals surface area contributed by atoms with Crippen molar-refractivity contribution in [3.63, 3.8) is 0 Å². The Morgan fingerprint density at radius 3 is 2.38 bits per heavy atom. The average Bonchev–Trinajstić information content (AvgIpc) is 2.45. The van der Waals surface area contributed by atoms with Crippen molar-refractivity contribution in [2.45, 2.75) is 26.4 Å². The number of esters is 1. The maximum Gasteiger partial charge on any atom is 0.335 e. The van der Waals surface area contributed by atoms with Gasteiger partial charge >= 0.3 is 18.0 Å². The number of nitrogens with one attached hydrogen (secondary N) is 2. The van der Waals surface area contributed by atoms with Crippen molar-refractivity contribution in [3.05, 3.63) is 35.4 Å². The van der Waals surface area contributed by atoms with E-state index in [0.29, 0.717) is 0 Å². The fourth-order valence-electron chi connectivity index (χ4n) is 1.52. The number of carboxylic acid groups (broad SMARTS) is 1. The van der Waals surface area contributed by atoms with Crippen LogP contribution in [0.5, 0.6) is 0 Å². The van der Waals surface area contributed by atoms with Gasteiger partial charge in [0.1, 0.15) is 6.04 Å². The summed E-state index contributed by atoms with van der Waals surface area (Å²) in [4.78, 5) is 33.6. The highest BCUT2D eigenvalue weighted by molar-refractivity contribution is 5.87. The van der Waals surface area contributed by atoms with Gasteiger partial charge in [-0.05, 0) is 31.5 Å². The molecule has 21 heavy (non-hydrogen) atoms. The van der Waals surface area contributed by atoms with Gasteiger partial charge in [-0.1, -0.05) is 12.1 Å². The van der Waals surface area contributed by atoms with Crippen molar-refractivity contribution in [2.75, 3.05) is 6.61 Å². The monoisotopic (exact) mass is 294 g/mol. The molecule has 0 fully saturated rings. The fourth-order valence-corrected chi connectivity index (χ4v) is 1.52. The van der Waals surface area contributed by atoms with Gasteiger partial charge in [0, 0.05) is 6.54 Å². The molecule has 0 saturated heterocycles. The molecule has 0 spiro atoms. The molecule has 7 nitrogen and oxygen atoms in total. The van der Waals surface area contributed by atoms with Gasteiger partial charge in [0.25, 0.3) is 0 Å². The summed E-state index contributed by atoms with van der Waals surface area (Å²) in [5.74, 6) is -1.51. The second kappa shape index (κ2) is 7.88. The number of rotatable bonds is 6. The van der Waals surface area contributed by atoms with E-state index in [1.165, 1.54) is 19.1 Å². The van der Waals surface area contributed by atoms with Crippen LogP contribution >= 0.6 is 0 Å². The maximum atomic E-state index is 11.6. The fraction of sp³-hybridized carbons (Fsp3) is 0.357. The third-order valence-electron chi connectivity index (χ3n) is 2.64.